The summed E-state index contributed by atoms with van der Waals surface area (Å²) in [7, 11) is 3.31. The number of carbonyl (C=O) groups is 2. The molecule has 4 N–H and O–H groups in total. The summed E-state index contributed by atoms with van der Waals surface area (Å²) < 4.78 is 18.2. The Hall–Kier alpha value is -5.36. The van der Waals surface area contributed by atoms with Gasteiger partial charge >= 0.3 is 12.0 Å². The van der Waals surface area contributed by atoms with E-state index in [1.165, 1.54) is 7.11 Å². The number of nitrogens with zero attached hydrogens (tertiary/aromatic N) is 1. The number of carbonyl (C=O) groups excluding carboxylic acids is 2. The maximum atomic E-state index is 13.0. The van der Waals surface area contributed by atoms with Gasteiger partial charge in [0.05, 0.1) is 32.0 Å². The smallest absolute Gasteiger partial charge is 0.328 e. The molecule has 0 radical (unpaired) electrons. The minimum atomic E-state index is -0.835. The van der Waals surface area contributed by atoms with Crippen molar-refractivity contribution in [2.75, 3.05) is 20.7 Å². The Morgan fingerprint density at radius 3 is 2.14 bits per heavy atom. The topological polar surface area (TPSA) is 130 Å². The van der Waals surface area contributed by atoms with E-state index >= 15 is 0 Å². The number of urea groups is 1. The number of rotatable bonds is 15. The molecular formula is C46H51N3O7. The van der Waals surface area contributed by atoms with Gasteiger partial charge in [-0.15, -0.1) is 0 Å². The normalized spacial score (nSPS) is 18.4. The number of benzene rings is 5. The zero-order valence-corrected chi connectivity index (χ0v) is 32.1. The van der Waals surface area contributed by atoms with E-state index in [0.717, 1.165) is 44.5 Å². The molecule has 2 amide bonds. The number of amides is 2. The van der Waals surface area contributed by atoms with Crippen LogP contribution in [0.3, 0.4) is 0 Å². The Morgan fingerprint density at radius 2 is 1.46 bits per heavy atom. The molecule has 0 saturated carbocycles. The molecule has 6 rings (SSSR count). The number of hydrogen-bond acceptors (Lipinski definition) is 8. The molecule has 0 bridgehead atoms. The lowest BCUT2D eigenvalue weighted by Gasteiger charge is -2.39. The molecule has 1 aliphatic rings. The van der Waals surface area contributed by atoms with Crippen LogP contribution < -0.4 is 10.6 Å². The van der Waals surface area contributed by atoms with Gasteiger partial charge in [-0.3, -0.25) is 4.90 Å². The van der Waals surface area contributed by atoms with Crippen molar-refractivity contribution in [3.05, 3.63) is 167 Å². The molecule has 1 heterocycles. The highest BCUT2D eigenvalue weighted by Crippen LogP contribution is 2.39. The Balaban J connectivity index is 1.15. The molecule has 5 aromatic carbocycles. The Morgan fingerprint density at radius 1 is 0.821 bits per heavy atom. The minimum absolute atomic E-state index is 0.0318. The van der Waals surface area contributed by atoms with Crippen molar-refractivity contribution in [3.8, 4) is 11.1 Å². The van der Waals surface area contributed by atoms with Crippen molar-refractivity contribution in [1.82, 2.24) is 15.5 Å². The number of nitrogens with one attached hydrogen (secondary N) is 2. The molecule has 1 fully saturated rings. The highest BCUT2D eigenvalue weighted by atomic mass is 16.7. The summed E-state index contributed by atoms with van der Waals surface area (Å²) >= 11 is 0. The van der Waals surface area contributed by atoms with E-state index in [1.807, 2.05) is 147 Å². The van der Waals surface area contributed by atoms with E-state index < -0.39 is 30.4 Å². The monoisotopic (exact) mass is 757 g/mol. The fourth-order valence-electron chi connectivity index (χ4n) is 7.04. The Bertz CT molecular complexity index is 1990. The van der Waals surface area contributed by atoms with Crippen molar-refractivity contribution in [1.29, 1.82) is 0 Å². The molecule has 5 aromatic rings. The van der Waals surface area contributed by atoms with Crippen LogP contribution in [0.5, 0.6) is 0 Å². The predicted octanol–water partition coefficient (Wildman–Crippen LogP) is 7.03. The van der Waals surface area contributed by atoms with Crippen LogP contribution in [0.2, 0.25) is 0 Å². The van der Waals surface area contributed by atoms with E-state index in [1.54, 1.807) is 0 Å². The summed E-state index contributed by atoms with van der Waals surface area (Å²) in [5.74, 6) is -0.518. The van der Waals surface area contributed by atoms with Gasteiger partial charge in [-0.2, -0.15) is 0 Å². The lowest BCUT2D eigenvalue weighted by molar-refractivity contribution is -0.253. The van der Waals surface area contributed by atoms with Crippen LogP contribution >= 0.6 is 0 Å². The summed E-state index contributed by atoms with van der Waals surface area (Å²) in [5, 5.41) is 26.4. The highest BCUT2D eigenvalue weighted by Gasteiger charge is 2.34. The van der Waals surface area contributed by atoms with Gasteiger partial charge in [-0.25, -0.2) is 9.59 Å². The van der Waals surface area contributed by atoms with E-state index in [2.05, 4.69) is 15.5 Å². The van der Waals surface area contributed by atoms with Gasteiger partial charge in [0.15, 0.2) is 6.29 Å². The van der Waals surface area contributed by atoms with Crippen LogP contribution in [-0.2, 0) is 38.6 Å². The molecule has 0 spiro atoms. The average molecular weight is 758 g/mol. The first-order valence-electron chi connectivity index (χ1n) is 19.0. The Kier molecular flexibility index (Phi) is 14.0. The second-order valence-corrected chi connectivity index (χ2v) is 14.3. The summed E-state index contributed by atoms with van der Waals surface area (Å²) in [4.78, 5) is 27.6. The van der Waals surface area contributed by atoms with Gasteiger partial charge in [-0.05, 0) is 52.9 Å². The number of hydrogen-bond donors (Lipinski definition) is 4. The predicted molar refractivity (Wildman–Crippen MR) is 215 cm³/mol. The van der Waals surface area contributed by atoms with E-state index in [-0.39, 0.29) is 31.4 Å². The van der Waals surface area contributed by atoms with Gasteiger partial charge in [0.25, 0.3) is 0 Å². The molecule has 1 saturated heterocycles. The first-order chi connectivity index (χ1) is 27.2. The van der Waals surface area contributed by atoms with Gasteiger partial charge in [0, 0.05) is 37.5 Å². The third kappa shape index (κ3) is 10.5. The third-order valence-corrected chi connectivity index (χ3v) is 10.4. The molecular weight excluding hydrogens is 707 g/mol. The van der Waals surface area contributed by atoms with Crippen molar-refractivity contribution < 1.29 is 34.0 Å². The molecule has 1 aliphatic heterocycles. The molecule has 6 atom stereocenters. The molecule has 292 valence electrons. The molecule has 0 aliphatic carbocycles. The number of likely N-dealkylation sites (N-methyl/N-ethyl adjacent to an activating group) is 1. The van der Waals surface area contributed by atoms with Crippen molar-refractivity contribution in [2.24, 2.45) is 0 Å². The minimum Gasteiger partial charge on any atom is -0.467 e. The fraction of sp³-hybridized carbons (Fsp3) is 0.304. The van der Waals surface area contributed by atoms with E-state index in [0.29, 0.717) is 19.4 Å². The molecule has 0 aromatic heterocycles. The molecule has 10 heteroatoms. The second kappa shape index (κ2) is 19.5. The average Bonchev–Trinajstić information content (AvgIpc) is 3.25. The zero-order chi connectivity index (χ0) is 39.4. The second-order valence-electron chi connectivity index (χ2n) is 14.3. The fourth-order valence-corrected chi connectivity index (χ4v) is 7.04. The number of esters is 1. The van der Waals surface area contributed by atoms with Gasteiger partial charge in [0.1, 0.15) is 6.04 Å². The summed E-state index contributed by atoms with van der Waals surface area (Å²) in [6.45, 7) is 2.80. The largest absolute Gasteiger partial charge is 0.467 e. The van der Waals surface area contributed by atoms with Crippen LogP contribution in [0.1, 0.15) is 65.2 Å². The lowest BCUT2D eigenvalue weighted by atomic mass is 9.97. The van der Waals surface area contributed by atoms with E-state index in [9.17, 15) is 19.8 Å². The van der Waals surface area contributed by atoms with E-state index in [4.69, 9.17) is 14.2 Å². The molecule has 10 nitrogen and oxygen atoms in total. The standard InChI is InChI=1S/C46H51N3O7/c1-31(43(51)36-14-8-5-9-15-36)49(2)29-39-27-42(35-20-18-33(30-50)19-21-35)56-45(55-39)37-24-22-34(23-25-37)40-17-11-10-16-38(40)28-47-46(53)48-41(44(52)54-3)26-32-12-6-4-7-13-32/h4-25,31,39,41-43,45,50-51H,26-30H2,1-3H3,(H2,47,48,53). The highest BCUT2D eigenvalue weighted by molar-refractivity contribution is 5.84. The molecule has 6 unspecified atom stereocenters. The molecule has 56 heavy (non-hydrogen) atoms. The number of aliphatic hydroxyl groups is 2. The maximum Gasteiger partial charge on any atom is 0.328 e. The summed E-state index contributed by atoms with van der Waals surface area (Å²) in [6.07, 6.45) is -0.828. The number of ether oxygens (including phenoxy) is 3. The first kappa shape index (κ1) is 40.3. The van der Waals surface area contributed by atoms with Crippen LogP contribution in [0, 0.1) is 0 Å². The SMILES string of the molecule is COC(=O)C(Cc1ccccc1)NC(=O)NCc1ccccc1-c1ccc(C2OC(CN(C)C(C)C(O)c3ccccc3)CC(c3ccc(CO)cc3)O2)cc1. The summed E-state index contributed by atoms with van der Waals surface area (Å²) in [6, 6.07) is 41.4. The van der Waals surface area contributed by atoms with Crippen LogP contribution in [0.4, 0.5) is 4.79 Å². The van der Waals surface area contributed by atoms with Crippen molar-refractivity contribution >= 4 is 12.0 Å². The zero-order valence-electron chi connectivity index (χ0n) is 32.1. The van der Waals surface area contributed by atoms with Gasteiger partial charge < -0.3 is 35.1 Å². The Labute approximate surface area is 329 Å². The third-order valence-electron chi connectivity index (χ3n) is 10.4. The van der Waals surface area contributed by atoms with Crippen LogP contribution in [0.25, 0.3) is 11.1 Å². The van der Waals surface area contributed by atoms with Crippen LogP contribution in [-0.4, -0.2) is 66.0 Å². The van der Waals surface area contributed by atoms with Crippen molar-refractivity contribution in [2.45, 2.75) is 69.6 Å². The number of methoxy groups -OCH3 is 1. The lowest BCUT2D eigenvalue weighted by Crippen LogP contribution is -2.47. The van der Waals surface area contributed by atoms with Crippen LogP contribution in [0.15, 0.2) is 133 Å². The number of aliphatic hydroxyl groups excluding tert-OH is 2. The first-order valence-corrected chi connectivity index (χ1v) is 19.0. The maximum absolute atomic E-state index is 13.0. The van der Waals surface area contributed by atoms with Crippen molar-refractivity contribution in [3.63, 3.8) is 0 Å². The van der Waals surface area contributed by atoms with Gasteiger partial charge in [0.2, 0.25) is 0 Å². The summed E-state index contributed by atoms with van der Waals surface area (Å²) in [5.41, 5.74) is 7.27. The van der Waals surface area contributed by atoms with Gasteiger partial charge in [-0.1, -0.05) is 133 Å². The quantitative estimate of drug-likeness (QED) is 0.0839.